The Kier molecular flexibility index (Phi) is 6.07. The molecule has 0 spiro atoms. The van der Waals surface area contributed by atoms with Gasteiger partial charge in [-0.15, -0.1) is 5.10 Å². The lowest BCUT2D eigenvalue weighted by molar-refractivity contribution is -0.113. The number of rotatable bonds is 6. The number of hydrogen-bond acceptors (Lipinski definition) is 6. The zero-order valence-electron chi connectivity index (χ0n) is 16.7. The van der Waals surface area contributed by atoms with Crippen LogP contribution in [0, 0.1) is 20.8 Å². The van der Waals surface area contributed by atoms with Gasteiger partial charge in [-0.2, -0.15) is 0 Å². The van der Waals surface area contributed by atoms with Crippen molar-refractivity contribution in [3.05, 3.63) is 57.0 Å². The fourth-order valence-corrected chi connectivity index (χ4v) is 4.00. The van der Waals surface area contributed by atoms with Crippen LogP contribution in [0.5, 0.6) is 0 Å². The highest BCUT2D eigenvalue weighted by molar-refractivity contribution is 7.99. The molecule has 0 aliphatic carbocycles. The lowest BCUT2D eigenvalue weighted by Gasteiger charge is -2.08. The third-order valence-electron chi connectivity index (χ3n) is 4.42. The molecule has 0 saturated carbocycles. The quantitative estimate of drug-likeness (QED) is 0.475. The zero-order chi connectivity index (χ0) is 21.1. The number of esters is 1. The van der Waals surface area contributed by atoms with E-state index >= 15 is 0 Å². The van der Waals surface area contributed by atoms with Crippen molar-refractivity contribution in [1.82, 2.24) is 14.6 Å². The van der Waals surface area contributed by atoms with Crippen molar-refractivity contribution >= 4 is 34.8 Å². The first kappa shape index (κ1) is 20.7. The van der Waals surface area contributed by atoms with E-state index in [9.17, 15) is 14.4 Å². The highest BCUT2D eigenvalue weighted by Crippen LogP contribution is 2.26. The van der Waals surface area contributed by atoms with Crippen molar-refractivity contribution in [2.24, 2.45) is 0 Å². The maximum atomic E-state index is 12.3. The van der Waals surface area contributed by atoms with Crippen LogP contribution in [0.1, 0.15) is 34.1 Å². The van der Waals surface area contributed by atoms with Crippen LogP contribution in [-0.4, -0.2) is 38.8 Å². The van der Waals surface area contributed by atoms with Crippen LogP contribution >= 0.6 is 11.8 Å². The number of hydrogen-bond donors (Lipinski definition) is 2. The average Bonchev–Trinajstić information content (AvgIpc) is 2.93. The van der Waals surface area contributed by atoms with Crippen LogP contribution in [0.25, 0.3) is 5.52 Å². The summed E-state index contributed by atoms with van der Waals surface area (Å²) in [5.41, 5.74) is 3.09. The van der Waals surface area contributed by atoms with Gasteiger partial charge in [-0.05, 0) is 51.0 Å². The standard InChI is InChI=1S/C20H22N4O4S/c1-5-28-19(27)16-12(3)17-18(26)22-23-20(24(17)13(16)4)29-10-15(25)21-14-8-6-7-11(2)9-14/h6-9H,5,10H2,1-4H3,(H,21,25)(H,22,26). The van der Waals surface area contributed by atoms with Crippen LogP contribution in [0.15, 0.2) is 34.2 Å². The topological polar surface area (TPSA) is 106 Å². The minimum absolute atomic E-state index is 0.0908. The highest BCUT2D eigenvalue weighted by Gasteiger charge is 2.24. The Hall–Kier alpha value is -3.07. The number of fused-ring (bicyclic) bond motifs is 1. The van der Waals surface area contributed by atoms with E-state index in [4.69, 9.17) is 4.74 Å². The van der Waals surface area contributed by atoms with Gasteiger partial charge in [0.1, 0.15) is 5.52 Å². The molecule has 2 aromatic heterocycles. The van der Waals surface area contributed by atoms with Gasteiger partial charge < -0.3 is 10.1 Å². The summed E-state index contributed by atoms with van der Waals surface area (Å²) in [5, 5.41) is 9.77. The number of ether oxygens (including phenoxy) is 1. The lowest BCUT2D eigenvalue weighted by atomic mass is 10.1. The molecule has 152 valence electrons. The SMILES string of the molecule is CCOC(=O)c1c(C)c2c(=O)[nH]nc(SCC(=O)Nc3cccc(C)c3)n2c1C. The summed E-state index contributed by atoms with van der Waals surface area (Å²) in [5.74, 6) is -0.597. The minimum Gasteiger partial charge on any atom is -0.462 e. The summed E-state index contributed by atoms with van der Waals surface area (Å²) in [6.07, 6.45) is 0. The largest absolute Gasteiger partial charge is 0.462 e. The molecule has 0 aliphatic rings. The highest BCUT2D eigenvalue weighted by atomic mass is 32.2. The number of nitrogens with zero attached hydrogens (tertiary/aromatic N) is 2. The van der Waals surface area contributed by atoms with Crippen molar-refractivity contribution in [2.75, 3.05) is 17.7 Å². The number of anilines is 1. The Bertz CT molecular complexity index is 1150. The molecule has 0 bridgehead atoms. The first-order valence-corrected chi connectivity index (χ1v) is 10.1. The zero-order valence-corrected chi connectivity index (χ0v) is 17.5. The van der Waals surface area contributed by atoms with Gasteiger partial charge in [0.25, 0.3) is 5.56 Å². The molecule has 0 radical (unpaired) electrons. The van der Waals surface area contributed by atoms with Crippen LogP contribution in [0.2, 0.25) is 0 Å². The van der Waals surface area contributed by atoms with Gasteiger partial charge in [-0.3, -0.25) is 14.0 Å². The Balaban J connectivity index is 1.89. The van der Waals surface area contributed by atoms with Crippen LogP contribution in [0.3, 0.4) is 0 Å². The molecule has 1 amide bonds. The fourth-order valence-electron chi connectivity index (χ4n) is 3.20. The average molecular weight is 414 g/mol. The van der Waals surface area contributed by atoms with Gasteiger partial charge in [0.05, 0.1) is 17.9 Å². The molecule has 0 aliphatic heterocycles. The normalized spacial score (nSPS) is 10.9. The van der Waals surface area contributed by atoms with Gasteiger partial charge >= 0.3 is 5.97 Å². The van der Waals surface area contributed by atoms with E-state index in [1.165, 1.54) is 11.8 Å². The fraction of sp³-hybridized carbons (Fsp3) is 0.300. The number of aromatic amines is 1. The van der Waals surface area contributed by atoms with E-state index in [-0.39, 0.29) is 18.3 Å². The van der Waals surface area contributed by atoms with Crippen molar-refractivity contribution < 1.29 is 14.3 Å². The summed E-state index contributed by atoms with van der Waals surface area (Å²) < 4.78 is 6.72. The number of carbonyl (C=O) groups excluding carboxylic acids is 2. The van der Waals surface area contributed by atoms with Crippen molar-refractivity contribution in [3.8, 4) is 0 Å². The molecule has 9 heteroatoms. The molecule has 0 unspecified atom stereocenters. The number of benzene rings is 1. The lowest BCUT2D eigenvalue weighted by Crippen LogP contribution is -2.17. The maximum Gasteiger partial charge on any atom is 0.340 e. The second kappa shape index (κ2) is 8.52. The number of thioether (sulfide) groups is 1. The van der Waals surface area contributed by atoms with Crippen molar-refractivity contribution in [1.29, 1.82) is 0 Å². The number of H-pyrrole nitrogens is 1. The molecule has 8 nitrogen and oxygen atoms in total. The number of amides is 1. The Morgan fingerprint density at radius 3 is 2.72 bits per heavy atom. The van der Waals surface area contributed by atoms with Gasteiger partial charge in [0.15, 0.2) is 5.16 Å². The number of nitrogens with one attached hydrogen (secondary N) is 2. The Morgan fingerprint density at radius 2 is 2.03 bits per heavy atom. The van der Waals surface area contributed by atoms with Crippen LogP contribution in [-0.2, 0) is 9.53 Å². The molecule has 3 rings (SSSR count). The van der Waals surface area contributed by atoms with Gasteiger partial charge in [-0.1, -0.05) is 23.9 Å². The summed E-state index contributed by atoms with van der Waals surface area (Å²) in [7, 11) is 0. The van der Waals surface area contributed by atoms with E-state index in [1.807, 2.05) is 31.2 Å². The second-order valence-corrected chi connectivity index (χ2v) is 7.47. The first-order valence-electron chi connectivity index (χ1n) is 9.10. The third-order valence-corrected chi connectivity index (χ3v) is 5.36. The van der Waals surface area contributed by atoms with E-state index in [0.717, 1.165) is 5.56 Å². The third kappa shape index (κ3) is 4.19. The Morgan fingerprint density at radius 1 is 1.28 bits per heavy atom. The van der Waals surface area contributed by atoms with E-state index in [2.05, 4.69) is 15.5 Å². The van der Waals surface area contributed by atoms with Gasteiger partial charge in [0.2, 0.25) is 5.91 Å². The number of carbonyl (C=O) groups is 2. The molecule has 2 heterocycles. The summed E-state index contributed by atoms with van der Waals surface area (Å²) in [6.45, 7) is 7.33. The molecular formula is C20H22N4O4S. The molecule has 0 fully saturated rings. The smallest absolute Gasteiger partial charge is 0.340 e. The molecule has 0 saturated heterocycles. The predicted molar refractivity (Wildman–Crippen MR) is 112 cm³/mol. The van der Waals surface area contributed by atoms with E-state index in [1.54, 1.807) is 25.2 Å². The minimum atomic E-state index is -0.487. The first-order chi connectivity index (χ1) is 13.8. The molecule has 3 aromatic rings. The molecule has 1 aromatic carbocycles. The molecule has 29 heavy (non-hydrogen) atoms. The van der Waals surface area contributed by atoms with E-state index < -0.39 is 11.5 Å². The number of aromatic nitrogens is 3. The van der Waals surface area contributed by atoms with Crippen molar-refractivity contribution in [2.45, 2.75) is 32.9 Å². The van der Waals surface area contributed by atoms with Gasteiger partial charge in [-0.25, -0.2) is 9.89 Å². The molecule has 0 atom stereocenters. The molecular weight excluding hydrogens is 392 g/mol. The van der Waals surface area contributed by atoms with Gasteiger partial charge in [0, 0.05) is 11.4 Å². The summed E-state index contributed by atoms with van der Waals surface area (Å²) in [4.78, 5) is 37.0. The predicted octanol–water partition coefficient (Wildman–Crippen LogP) is 2.86. The van der Waals surface area contributed by atoms with Crippen LogP contribution < -0.4 is 10.9 Å². The van der Waals surface area contributed by atoms with E-state index in [0.29, 0.717) is 33.2 Å². The maximum absolute atomic E-state index is 12.3. The van der Waals surface area contributed by atoms with Crippen LogP contribution in [0.4, 0.5) is 5.69 Å². The second-order valence-electron chi connectivity index (χ2n) is 6.53. The number of aryl methyl sites for hydroxylation is 3. The monoisotopic (exact) mass is 414 g/mol. The van der Waals surface area contributed by atoms with Crippen molar-refractivity contribution in [3.63, 3.8) is 0 Å². The summed E-state index contributed by atoms with van der Waals surface area (Å²) >= 11 is 1.17. The Labute approximate surface area is 171 Å². The summed E-state index contributed by atoms with van der Waals surface area (Å²) in [6, 6.07) is 7.51. The molecule has 2 N–H and O–H groups in total.